The van der Waals surface area contributed by atoms with Crippen LogP contribution in [0.5, 0.6) is 0 Å². The van der Waals surface area contributed by atoms with E-state index in [1.54, 1.807) is 6.20 Å². The largest absolute Gasteiger partial charge is 0.481 e. The molecule has 2 heterocycles. The van der Waals surface area contributed by atoms with Crippen molar-refractivity contribution in [2.45, 2.75) is 31.8 Å². The molecule has 22 heavy (non-hydrogen) atoms. The molecule has 1 N–H and O–H groups in total. The van der Waals surface area contributed by atoms with Crippen molar-refractivity contribution >= 4 is 5.97 Å². The van der Waals surface area contributed by atoms with E-state index < -0.39 is 11.4 Å². The number of benzene rings is 1. The number of likely N-dealkylation sites (tertiary alicyclic amines) is 1. The lowest BCUT2D eigenvalue weighted by molar-refractivity contribution is -0.143. The summed E-state index contributed by atoms with van der Waals surface area (Å²) in [6, 6.07) is 9.58. The summed E-state index contributed by atoms with van der Waals surface area (Å²) in [6.45, 7) is 4.97. The Kier molecular flexibility index (Phi) is 3.98. The highest BCUT2D eigenvalue weighted by atomic mass is 16.4. The molecule has 5 heteroatoms. The van der Waals surface area contributed by atoms with Crippen molar-refractivity contribution in [2.75, 3.05) is 13.1 Å². The molecule has 2 aromatic rings. The first kappa shape index (κ1) is 14.8. The first-order valence-corrected chi connectivity index (χ1v) is 7.67. The van der Waals surface area contributed by atoms with Crippen molar-refractivity contribution in [3.05, 3.63) is 54.1 Å². The maximum absolute atomic E-state index is 11.9. The maximum atomic E-state index is 11.9. The van der Waals surface area contributed by atoms with Gasteiger partial charge in [0.2, 0.25) is 0 Å². The minimum absolute atomic E-state index is 0.531. The molecule has 3 rings (SSSR count). The van der Waals surface area contributed by atoms with E-state index in [0.29, 0.717) is 19.5 Å². The SMILES string of the molecule is CCn1ccnc1CN1CCC(C(=O)O)(c2ccccc2)C1. The molecule has 0 radical (unpaired) electrons. The molecular formula is C17H21N3O2. The summed E-state index contributed by atoms with van der Waals surface area (Å²) < 4.78 is 2.10. The van der Waals surface area contributed by atoms with Gasteiger partial charge in [-0.25, -0.2) is 4.98 Å². The summed E-state index contributed by atoms with van der Waals surface area (Å²) in [6.07, 6.45) is 4.41. The van der Waals surface area contributed by atoms with E-state index >= 15 is 0 Å². The molecule has 0 aliphatic carbocycles. The van der Waals surface area contributed by atoms with Crippen LogP contribution < -0.4 is 0 Å². The number of imidazole rings is 1. The van der Waals surface area contributed by atoms with Crippen LogP contribution in [-0.2, 0) is 23.3 Å². The quantitative estimate of drug-likeness (QED) is 0.919. The number of carboxylic acid groups (broad SMARTS) is 1. The highest BCUT2D eigenvalue weighted by Crippen LogP contribution is 2.35. The molecule has 1 saturated heterocycles. The average molecular weight is 299 g/mol. The smallest absolute Gasteiger partial charge is 0.315 e. The maximum Gasteiger partial charge on any atom is 0.315 e. The predicted molar refractivity (Wildman–Crippen MR) is 83.6 cm³/mol. The molecular weight excluding hydrogens is 278 g/mol. The van der Waals surface area contributed by atoms with Gasteiger partial charge in [0.25, 0.3) is 0 Å². The standard InChI is InChI=1S/C17H21N3O2/c1-2-20-11-9-18-15(20)12-19-10-8-17(13-19,16(21)22)14-6-4-3-5-7-14/h3-7,9,11H,2,8,10,12-13H2,1H3,(H,21,22). The van der Waals surface area contributed by atoms with Gasteiger partial charge >= 0.3 is 5.97 Å². The van der Waals surface area contributed by atoms with Crippen LogP contribution >= 0.6 is 0 Å². The predicted octanol–water partition coefficient (Wildman–Crippen LogP) is 2.13. The summed E-state index contributed by atoms with van der Waals surface area (Å²) in [4.78, 5) is 18.5. The fraction of sp³-hybridized carbons (Fsp3) is 0.412. The van der Waals surface area contributed by atoms with Crippen LogP contribution in [0.25, 0.3) is 0 Å². The zero-order valence-electron chi connectivity index (χ0n) is 12.8. The van der Waals surface area contributed by atoms with Gasteiger partial charge in [0.1, 0.15) is 11.2 Å². The Bertz CT molecular complexity index is 653. The highest BCUT2D eigenvalue weighted by molar-refractivity contribution is 5.82. The monoisotopic (exact) mass is 299 g/mol. The fourth-order valence-corrected chi connectivity index (χ4v) is 3.29. The lowest BCUT2D eigenvalue weighted by Gasteiger charge is -2.25. The van der Waals surface area contributed by atoms with Crippen molar-refractivity contribution in [1.82, 2.24) is 14.5 Å². The van der Waals surface area contributed by atoms with Crippen molar-refractivity contribution < 1.29 is 9.90 Å². The van der Waals surface area contributed by atoms with Crippen LogP contribution in [0.2, 0.25) is 0 Å². The topological polar surface area (TPSA) is 58.4 Å². The average Bonchev–Trinajstić information content (AvgIpc) is 3.16. The lowest BCUT2D eigenvalue weighted by Crippen LogP contribution is -2.39. The molecule has 1 unspecified atom stereocenters. The molecule has 0 saturated carbocycles. The van der Waals surface area contributed by atoms with Crippen molar-refractivity contribution in [3.63, 3.8) is 0 Å². The van der Waals surface area contributed by atoms with Gasteiger partial charge in [0.05, 0.1) is 6.54 Å². The molecule has 1 aromatic carbocycles. The normalized spacial score (nSPS) is 22.0. The summed E-state index contributed by atoms with van der Waals surface area (Å²) in [5, 5.41) is 9.81. The summed E-state index contributed by atoms with van der Waals surface area (Å²) in [5.41, 5.74) is 0.0917. The zero-order chi connectivity index (χ0) is 15.6. The molecule has 1 atom stereocenters. The Morgan fingerprint density at radius 3 is 2.82 bits per heavy atom. The van der Waals surface area contributed by atoms with Crippen LogP contribution in [0.1, 0.15) is 24.7 Å². The molecule has 5 nitrogen and oxygen atoms in total. The van der Waals surface area contributed by atoms with E-state index in [2.05, 4.69) is 21.4 Å². The first-order chi connectivity index (χ1) is 10.7. The van der Waals surface area contributed by atoms with E-state index in [9.17, 15) is 9.90 Å². The summed E-state index contributed by atoms with van der Waals surface area (Å²) >= 11 is 0. The van der Waals surface area contributed by atoms with E-state index in [-0.39, 0.29) is 0 Å². The number of nitrogens with zero attached hydrogens (tertiary/aromatic N) is 3. The molecule has 0 bridgehead atoms. The minimum atomic E-state index is -0.801. The van der Waals surface area contributed by atoms with E-state index in [1.165, 1.54) is 0 Å². The van der Waals surface area contributed by atoms with E-state index in [4.69, 9.17) is 0 Å². The van der Waals surface area contributed by atoms with E-state index in [0.717, 1.165) is 24.5 Å². The molecule has 0 amide bonds. The summed E-state index contributed by atoms with van der Waals surface area (Å²) in [5.74, 6) is 0.261. The van der Waals surface area contributed by atoms with Crippen LogP contribution in [-0.4, -0.2) is 38.6 Å². The number of carboxylic acids is 1. The second kappa shape index (κ2) is 5.93. The van der Waals surface area contributed by atoms with Gasteiger partial charge in [-0.15, -0.1) is 0 Å². The van der Waals surface area contributed by atoms with Gasteiger partial charge < -0.3 is 9.67 Å². The third-order valence-electron chi connectivity index (χ3n) is 4.59. The van der Waals surface area contributed by atoms with Gasteiger partial charge in [-0.2, -0.15) is 0 Å². The lowest BCUT2D eigenvalue weighted by atomic mass is 9.80. The molecule has 0 spiro atoms. The van der Waals surface area contributed by atoms with Gasteiger partial charge in [-0.1, -0.05) is 30.3 Å². The number of rotatable bonds is 5. The number of carbonyl (C=O) groups is 1. The highest BCUT2D eigenvalue weighted by Gasteiger charge is 2.46. The van der Waals surface area contributed by atoms with Crippen LogP contribution in [0, 0.1) is 0 Å². The number of hydrogen-bond acceptors (Lipinski definition) is 3. The zero-order valence-corrected chi connectivity index (χ0v) is 12.8. The molecule has 1 aromatic heterocycles. The Morgan fingerprint density at radius 2 is 2.14 bits per heavy atom. The number of aromatic nitrogens is 2. The van der Waals surface area contributed by atoms with Gasteiger partial charge in [-0.05, 0) is 18.9 Å². The van der Waals surface area contributed by atoms with Crippen LogP contribution in [0.15, 0.2) is 42.7 Å². The Balaban J connectivity index is 1.81. The Labute approximate surface area is 130 Å². The Hall–Kier alpha value is -2.14. The number of aryl methyl sites for hydroxylation is 1. The van der Waals surface area contributed by atoms with Crippen molar-refractivity contribution in [3.8, 4) is 0 Å². The van der Waals surface area contributed by atoms with Gasteiger partial charge in [0.15, 0.2) is 0 Å². The summed E-state index contributed by atoms with van der Waals surface area (Å²) in [7, 11) is 0. The second-order valence-electron chi connectivity index (χ2n) is 5.84. The van der Waals surface area contributed by atoms with Crippen LogP contribution in [0.3, 0.4) is 0 Å². The number of aliphatic carboxylic acids is 1. The molecule has 1 aliphatic rings. The molecule has 116 valence electrons. The minimum Gasteiger partial charge on any atom is -0.481 e. The second-order valence-corrected chi connectivity index (χ2v) is 5.84. The molecule has 1 aliphatic heterocycles. The van der Waals surface area contributed by atoms with Crippen molar-refractivity contribution in [1.29, 1.82) is 0 Å². The Morgan fingerprint density at radius 1 is 1.36 bits per heavy atom. The number of hydrogen-bond donors (Lipinski definition) is 1. The van der Waals surface area contributed by atoms with Crippen LogP contribution in [0.4, 0.5) is 0 Å². The third-order valence-corrected chi connectivity index (χ3v) is 4.59. The van der Waals surface area contributed by atoms with Gasteiger partial charge in [0, 0.05) is 32.0 Å². The van der Waals surface area contributed by atoms with E-state index in [1.807, 2.05) is 36.5 Å². The third kappa shape index (κ3) is 2.52. The first-order valence-electron chi connectivity index (χ1n) is 7.67. The fourth-order valence-electron chi connectivity index (χ4n) is 3.29. The van der Waals surface area contributed by atoms with Crippen molar-refractivity contribution in [2.24, 2.45) is 0 Å². The molecule has 1 fully saturated rings. The van der Waals surface area contributed by atoms with Gasteiger partial charge in [-0.3, -0.25) is 9.69 Å².